The summed E-state index contributed by atoms with van der Waals surface area (Å²) in [5, 5.41) is 3.22. The van der Waals surface area contributed by atoms with Crippen molar-refractivity contribution >= 4 is 21.4 Å². The summed E-state index contributed by atoms with van der Waals surface area (Å²) in [7, 11) is -3.36. The second-order valence-corrected chi connectivity index (χ2v) is 9.04. The Morgan fingerprint density at radius 2 is 2.05 bits per heavy atom. The molecule has 0 aliphatic heterocycles. The minimum Gasteiger partial charge on any atom is -0.312 e. The minimum absolute atomic E-state index is 0.0965. The molecule has 0 aromatic carbocycles. The van der Waals surface area contributed by atoms with Crippen molar-refractivity contribution in [2.45, 2.75) is 62.7 Å². The van der Waals surface area contributed by atoms with Crippen molar-refractivity contribution in [2.75, 3.05) is 6.54 Å². The molecule has 1 heterocycles. The molecule has 2 unspecified atom stereocenters. The van der Waals surface area contributed by atoms with Crippen LogP contribution in [-0.4, -0.2) is 21.0 Å². The van der Waals surface area contributed by atoms with Gasteiger partial charge in [0.25, 0.3) is 0 Å². The van der Waals surface area contributed by atoms with E-state index in [0.29, 0.717) is 10.1 Å². The van der Waals surface area contributed by atoms with E-state index in [0.717, 1.165) is 43.6 Å². The van der Waals surface area contributed by atoms with E-state index in [9.17, 15) is 8.42 Å². The molecule has 1 aliphatic rings. The van der Waals surface area contributed by atoms with Crippen molar-refractivity contribution in [3.05, 3.63) is 17.0 Å². The lowest BCUT2D eigenvalue weighted by Crippen LogP contribution is -2.34. The molecule has 1 fully saturated rings. The van der Waals surface area contributed by atoms with Gasteiger partial charge in [-0.05, 0) is 43.9 Å². The highest BCUT2D eigenvalue weighted by Gasteiger charge is 2.23. The third kappa shape index (κ3) is 5.06. The van der Waals surface area contributed by atoms with Crippen LogP contribution in [0.4, 0.5) is 0 Å². The zero-order valence-corrected chi connectivity index (χ0v) is 14.5. The molecular formula is C15H26N2O2S2. The van der Waals surface area contributed by atoms with Crippen LogP contribution < -0.4 is 10.0 Å². The van der Waals surface area contributed by atoms with Crippen molar-refractivity contribution in [1.82, 2.24) is 10.0 Å². The Labute approximate surface area is 132 Å². The van der Waals surface area contributed by atoms with Gasteiger partial charge in [-0.25, -0.2) is 13.1 Å². The van der Waals surface area contributed by atoms with E-state index in [1.165, 1.54) is 17.8 Å². The van der Waals surface area contributed by atoms with Crippen molar-refractivity contribution in [3.8, 4) is 0 Å². The Kier molecular flexibility index (Phi) is 6.22. The van der Waals surface area contributed by atoms with Gasteiger partial charge in [-0.2, -0.15) is 0 Å². The van der Waals surface area contributed by atoms with Crippen LogP contribution in [0.5, 0.6) is 0 Å². The molecule has 1 saturated carbocycles. The molecule has 4 nitrogen and oxygen atoms in total. The Morgan fingerprint density at radius 3 is 2.81 bits per heavy atom. The van der Waals surface area contributed by atoms with Crippen LogP contribution in [-0.2, 0) is 16.6 Å². The van der Waals surface area contributed by atoms with Gasteiger partial charge in [-0.3, -0.25) is 0 Å². The molecule has 1 aromatic rings. The fourth-order valence-electron chi connectivity index (χ4n) is 2.73. The number of nitrogens with one attached hydrogen (secondary N) is 2. The summed E-state index contributed by atoms with van der Waals surface area (Å²) in [5.41, 5.74) is 0. The Bertz CT molecular complexity index is 540. The molecule has 0 radical (unpaired) electrons. The predicted molar refractivity (Wildman–Crippen MR) is 88.1 cm³/mol. The predicted octanol–water partition coefficient (Wildman–Crippen LogP) is 3.10. The molecule has 2 rings (SSSR count). The molecule has 6 heteroatoms. The van der Waals surface area contributed by atoms with Gasteiger partial charge in [0.1, 0.15) is 4.21 Å². The van der Waals surface area contributed by atoms with Gasteiger partial charge in [-0.15, -0.1) is 11.3 Å². The highest BCUT2D eigenvalue weighted by atomic mass is 32.2. The molecule has 0 amide bonds. The summed E-state index contributed by atoms with van der Waals surface area (Å²) in [6.07, 6.45) is 5.35. The van der Waals surface area contributed by atoms with Crippen LogP contribution in [0.15, 0.2) is 16.3 Å². The molecule has 0 spiro atoms. The largest absolute Gasteiger partial charge is 0.312 e. The standard InChI is InChI=1S/C15H26N2O2S2/c1-3-16-11-14-9-10-15(20-14)21(18,19)17-13-6-4-5-12(2)7-8-13/h9-10,12-13,16-17H,3-8,11H2,1-2H3. The Hall–Kier alpha value is -0.430. The second kappa shape index (κ2) is 7.72. The van der Waals surface area contributed by atoms with Crippen LogP contribution in [0, 0.1) is 5.92 Å². The van der Waals surface area contributed by atoms with Crippen LogP contribution in [0.1, 0.15) is 50.8 Å². The van der Waals surface area contributed by atoms with E-state index in [2.05, 4.69) is 17.0 Å². The first-order valence-electron chi connectivity index (χ1n) is 7.83. The fraction of sp³-hybridized carbons (Fsp3) is 0.733. The van der Waals surface area contributed by atoms with Crippen molar-refractivity contribution in [2.24, 2.45) is 5.92 Å². The number of sulfonamides is 1. The zero-order chi connectivity index (χ0) is 15.3. The molecule has 1 aliphatic carbocycles. The maximum absolute atomic E-state index is 12.5. The summed E-state index contributed by atoms with van der Waals surface area (Å²) in [5.74, 6) is 0.716. The SMILES string of the molecule is CCNCc1ccc(S(=O)(=O)NC2CCCC(C)CC2)s1. The van der Waals surface area contributed by atoms with Gasteiger partial charge in [0.05, 0.1) is 0 Å². The first-order valence-corrected chi connectivity index (χ1v) is 10.1. The van der Waals surface area contributed by atoms with Crippen LogP contribution in [0.3, 0.4) is 0 Å². The Balaban J connectivity index is 1.99. The highest BCUT2D eigenvalue weighted by Crippen LogP contribution is 2.26. The number of thiophene rings is 1. The average Bonchev–Trinajstić information content (AvgIpc) is 2.83. The summed E-state index contributed by atoms with van der Waals surface area (Å²) in [6.45, 7) is 5.92. The monoisotopic (exact) mass is 330 g/mol. The lowest BCUT2D eigenvalue weighted by Gasteiger charge is -2.15. The summed E-state index contributed by atoms with van der Waals surface area (Å²) in [6, 6.07) is 3.72. The normalized spacial score (nSPS) is 23.9. The molecule has 2 atom stereocenters. The first kappa shape index (κ1) is 16.9. The topological polar surface area (TPSA) is 58.2 Å². The maximum atomic E-state index is 12.5. The van der Waals surface area contributed by atoms with Gasteiger partial charge in [0.15, 0.2) is 0 Å². The van der Waals surface area contributed by atoms with Crippen LogP contribution in [0.25, 0.3) is 0 Å². The van der Waals surface area contributed by atoms with E-state index in [4.69, 9.17) is 0 Å². The number of hydrogen-bond donors (Lipinski definition) is 2. The second-order valence-electron chi connectivity index (χ2n) is 5.93. The lowest BCUT2D eigenvalue weighted by molar-refractivity contribution is 0.485. The van der Waals surface area contributed by atoms with Gasteiger partial charge < -0.3 is 5.32 Å². The van der Waals surface area contributed by atoms with Crippen LogP contribution >= 0.6 is 11.3 Å². The maximum Gasteiger partial charge on any atom is 0.250 e. The third-order valence-corrected chi connectivity index (χ3v) is 7.13. The first-order chi connectivity index (χ1) is 10.0. The lowest BCUT2D eigenvalue weighted by atomic mass is 10.0. The molecule has 21 heavy (non-hydrogen) atoms. The van der Waals surface area contributed by atoms with Crippen molar-refractivity contribution in [3.63, 3.8) is 0 Å². The summed E-state index contributed by atoms with van der Waals surface area (Å²) < 4.78 is 28.3. The molecular weight excluding hydrogens is 304 g/mol. The highest BCUT2D eigenvalue weighted by molar-refractivity contribution is 7.91. The average molecular weight is 331 g/mol. The number of hydrogen-bond acceptors (Lipinski definition) is 4. The van der Waals surface area contributed by atoms with Gasteiger partial charge in [0, 0.05) is 17.5 Å². The zero-order valence-electron chi connectivity index (χ0n) is 12.9. The van der Waals surface area contributed by atoms with Crippen molar-refractivity contribution < 1.29 is 8.42 Å². The molecule has 0 saturated heterocycles. The van der Waals surface area contributed by atoms with Crippen LogP contribution in [0.2, 0.25) is 0 Å². The molecule has 1 aromatic heterocycles. The van der Waals surface area contributed by atoms with Crippen molar-refractivity contribution in [1.29, 1.82) is 0 Å². The smallest absolute Gasteiger partial charge is 0.250 e. The van der Waals surface area contributed by atoms with E-state index in [1.807, 2.05) is 13.0 Å². The minimum atomic E-state index is -3.36. The third-order valence-electron chi connectivity index (χ3n) is 4.03. The fourth-order valence-corrected chi connectivity index (χ4v) is 5.38. The quantitative estimate of drug-likeness (QED) is 0.788. The molecule has 0 bridgehead atoms. The molecule has 2 N–H and O–H groups in total. The number of rotatable bonds is 6. The summed E-state index contributed by atoms with van der Waals surface area (Å²) >= 11 is 1.36. The van der Waals surface area contributed by atoms with E-state index in [1.54, 1.807) is 6.07 Å². The Morgan fingerprint density at radius 1 is 1.24 bits per heavy atom. The van der Waals surface area contributed by atoms with Gasteiger partial charge >= 0.3 is 0 Å². The van der Waals surface area contributed by atoms with E-state index in [-0.39, 0.29) is 6.04 Å². The summed E-state index contributed by atoms with van der Waals surface area (Å²) in [4.78, 5) is 1.06. The van der Waals surface area contributed by atoms with Gasteiger partial charge in [-0.1, -0.05) is 26.7 Å². The van der Waals surface area contributed by atoms with E-state index >= 15 is 0 Å². The van der Waals surface area contributed by atoms with E-state index < -0.39 is 10.0 Å². The van der Waals surface area contributed by atoms with Gasteiger partial charge in [0.2, 0.25) is 10.0 Å². The molecule has 120 valence electrons.